The van der Waals surface area contributed by atoms with Crippen molar-refractivity contribution in [2.24, 2.45) is 24.3 Å². The monoisotopic (exact) mass is 346 g/mol. The van der Waals surface area contributed by atoms with Gasteiger partial charge in [-0.1, -0.05) is 0 Å². The van der Waals surface area contributed by atoms with Crippen molar-refractivity contribution in [2.75, 3.05) is 32.8 Å². The third-order valence-corrected chi connectivity index (χ3v) is 5.78. The van der Waals surface area contributed by atoms with Crippen LogP contribution in [-0.4, -0.2) is 59.3 Å². The summed E-state index contributed by atoms with van der Waals surface area (Å²) in [5.74, 6) is 1.15. The van der Waals surface area contributed by atoms with Gasteiger partial charge in [-0.3, -0.25) is 14.3 Å². The first-order chi connectivity index (χ1) is 12.0. The maximum Gasteiger partial charge on any atom is 0.228 e. The highest BCUT2D eigenvalue weighted by Crippen LogP contribution is 2.41. The van der Waals surface area contributed by atoms with Gasteiger partial charge in [0.05, 0.1) is 25.3 Å². The predicted molar refractivity (Wildman–Crippen MR) is 90.6 cm³/mol. The molecule has 1 aliphatic carbocycles. The van der Waals surface area contributed by atoms with Crippen LogP contribution in [0.15, 0.2) is 12.3 Å². The van der Waals surface area contributed by atoms with Crippen LogP contribution in [0, 0.1) is 17.3 Å². The van der Waals surface area contributed by atoms with Crippen LogP contribution < -0.4 is 5.32 Å². The summed E-state index contributed by atoms with van der Waals surface area (Å²) >= 11 is 0. The minimum Gasteiger partial charge on any atom is -0.380 e. The van der Waals surface area contributed by atoms with Crippen LogP contribution in [0.2, 0.25) is 0 Å². The van der Waals surface area contributed by atoms with Gasteiger partial charge in [-0.2, -0.15) is 5.10 Å². The molecule has 1 aromatic heterocycles. The molecule has 1 N–H and O–H groups in total. The van der Waals surface area contributed by atoms with Crippen LogP contribution in [-0.2, 0) is 27.8 Å². The highest BCUT2D eigenvalue weighted by molar-refractivity contribution is 5.79. The number of rotatable bonds is 6. The van der Waals surface area contributed by atoms with Gasteiger partial charge in [-0.25, -0.2) is 0 Å². The molecule has 3 heterocycles. The van der Waals surface area contributed by atoms with Gasteiger partial charge in [-0.05, 0) is 24.8 Å². The van der Waals surface area contributed by atoms with E-state index in [4.69, 9.17) is 4.74 Å². The number of hydrogen-bond donors (Lipinski definition) is 1. The summed E-state index contributed by atoms with van der Waals surface area (Å²) < 4.78 is 7.40. The smallest absolute Gasteiger partial charge is 0.228 e. The first-order valence-electron chi connectivity index (χ1n) is 9.15. The number of nitrogens with zero attached hydrogens (tertiary/aromatic N) is 3. The standard InChI is InChI=1S/C18H26N4O3/c1-21-5-4-15(20-21)7-17(24)22-8-14-9-25-12-18(14,11-22)10-19-16(23)6-13-2-3-13/h4-5,13-14H,2-3,6-12H2,1H3,(H,19,23)/t14-,18+/m1/s1. The molecular weight excluding hydrogens is 320 g/mol. The highest BCUT2D eigenvalue weighted by atomic mass is 16.5. The summed E-state index contributed by atoms with van der Waals surface area (Å²) in [6, 6.07) is 1.88. The maximum absolute atomic E-state index is 12.6. The van der Waals surface area contributed by atoms with Crippen molar-refractivity contribution in [3.8, 4) is 0 Å². The van der Waals surface area contributed by atoms with E-state index in [1.54, 1.807) is 4.68 Å². The Balaban J connectivity index is 1.35. The Morgan fingerprint density at radius 1 is 1.44 bits per heavy atom. The molecule has 0 spiro atoms. The molecule has 0 bridgehead atoms. The van der Waals surface area contributed by atoms with Crippen molar-refractivity contribution in [3.05, 3.63) is 18.0 Å². The molecule has 1 saturated carbocycles. The van der Waals surface area contributed by atoms with E-state index >= 15 is 0 Å². The summed E-state index contributed by atoms with van der Waals surface area (Å²) in [6.07, 6.45) is 5.19. The summed E-state index contributed by atoms with van der Waals surface area (Å²) in [5.41, 5.74) is 0.673. The minimum absolute atomic E-state index is 0.108. The van der Waals surface area contributed by atoms with Crippen LogP contribution >= 0.6 is 0 Å². The van der Waals surface area contributed by atoms with E-state index in [9.17, 15) is 9.59 Å². The molecule has 2 atom stereocenters. The fourth-order valence-electron chi connectivity index (χ4n) is 4.03. The van der Waals surface area contributed by atoms with E-state index in [0.29, 0.717) is 57.5 Å². The van der Waals surface area contributed by atoms with E-state index in [1.165, 1.54) is 12.8 Å². The lowest BCUT2D eigenvalue weighted by molar-refractivity contribution is -0.130. The molecule has 0 radical (unpaired) electrons. The maximum atomic E-state index is 12.6. The molecule has 3 aliphatic rings. The molecule has 25 heavy (non-hydrogen) atoms. The normalized spacial score (nSPS) is 28.2. The number of carbonyl (C=O) groups is 2. The number of carbonyl (C=O) groups excluding carboxylic acids is 2. The molecule has 2 saturated heterocycles. The number of amides is 2. The first-order valence-corrected chi connectivity index (χ1v) is 9.15. The Morgan fingerprint density at radius 2 is 2.28 bits per heavy atom. The molecular formula is C18H26N4O3. The van der Waals surface area contributed by atoms with Gasteiger partial charge in [0.15, 0.2) is 0 Å². The fraction of sp³-hybridized carbons (Fsp3) is 0.722. The van der Waals surface area contributed by atoms with Gasteiger partial charge >= 0.3 is 0 Å². The van der Waals surface area contributed by atoms with Gasteiger partial charge in [0.25, 0.3) is 0 Å². The fourth-order valence-corrected chi connectivity index (χ4v) is 4.03. The third kappa shape index (κ3) is 3.56. The average Bonchev–Trinajstić information content (AvgIpc) is 2.99. The number of nitrogens with one attached hydrogen (secondary N) is 1. The average molecular weight is 346 g/mol. The number of fused-ring (bicyclic) bond motifs is 1. The zero-order valence-corrected chi connectivity index (χ0v) is 14.7. The lowest BCUT2D eigenvalue weighted by atomic mass is 9.81. The molecule has 7 heteroatoms. The van der Waals surface area contributed by atoms with Crippen LogP contribution in [0.4, 0.5) is 0 Å². The summed E-state index contributed by atoms with van der Waals surface area (Å²) in [7, 11) is 1.85. The summed E-state index contributed by atoms with van der Waals surface area (Å²) in [5, 5.41) is 7.39. The number of likely N-dealkylation sites (tertiary alicyclic amines) is 1. The number of aryl methyl sites for hydroxylation is 1. The van der Waals surface area contributed by atoms with E-state index in [2.05, 4.69) is 10.4 Å². The molecule has 0 unspecified atom stereocenters. The zero-order valence-electron chi connectivity index (χ0n) is 14.7. The quantitative estimate of drug-likeness (QED) is 0.807. The Bertz CT molecular complexity index is 669. The molecule has 1 aromatic rings. The van der Waals surface area contributed by atoms with Gasteiger partial charge in [0.2, 0.25) is 11.8 Å². The number of ether oxygens (including phenoxy) is 1. The molecule has 2 amide bonds. The van der Waals surface area contributed by atoms with Crippen molar-refractivity contribution in [3.63, 3.8) is 0 Å². The number of aromatic nitrogens is 2. The second kappa shape index (κ2) is 6.44. The van der Waals surface area contributed by atoms with Crippen LogP contribution in [0.3, 0.4) is 0 Å². The molecule has 3 fully saturated rings. The Morgan fingerprint density at radius 3 is 3.00 bits per heavy atom. The molecule has 2 aliphatic heterocycles. The van der Waals surface area contributed by atoms with Gasteiger partial charge in [0, 0.05) is 50.6 Å². The lowest BCUT2D eigenvalue weighted by Gasteiger charge is -2.27. The van der Waals surface area contributed by atoms with E-state index < -0.39 is 0 Å². The molecule has 7 nitrogen and oxygen atoms in total. The SMILES string of the molecule is Cn1ccc(CC(=O)N2C[C@@H]3COC[C@]3(CNC(=O)CC3CC3)C2)n1. The van der Waals surface area contributed by atoms with Gasteiger partial charge in [0.1, 0.15) is 0 Å². The summed E-state index contributed by atoms with van der Waals surface area (Å²) in [4.78, 5) is 26.6. The summed E-state index contributed by atoms with van der Waals surface area (Å²) in [6.45, 7) is 3.27. The third-order valence-electron chi connectivity index (χ3n) is 5.78. The first kappa shape index (κ1) is 16.6. The van der Waals surface area contributed by atoms with Gasteiger partial charge in [-0.15, -0.1) is 0 Å². The van der Waals surface area contributed by atoms with Crippen molar-refractivity contribution in [1.82, 2.24) is 20.0 Å². The molecule has 0 aromatic carbocycles. The van der Waals surface area contributed by atoms with Crippen molar-refractivity contribution < 1.29 is 14.3 Å². The predicted octanol–water partition coefficient (Wildman–Crippen LogP) is 0.354. The zero-order chi connectivity index (χ0) is 17.4. The van der Waals surface area contributed by atoms with Crippen LogP contribution in [0.5, 0.6) is 0 Å². The minimum atomic E-state index is -0.126. The van der Waals surface area contributed by atoms with Crippen molar-refractivity contribution in [2.45, 2.75) is 25.7 Å². The van der Waals surface area contributed by atoms with Crippen molar-refractivity contribution >= 4 is 11.8 Å². The Hall–Kier alpha value is -1.89. The van der Waals surface area contributed by atoms with E-state index in [1.807, 2.05) is 24.2 Å². The Kier molecular flexibility index (Phi) is 4.27. The topological polar surface area (TPSA) is 76.5 Å². The molecule has 4 rings (SSSR count). The highest BCUT2D eigenvalue weighted by Gasteiger charge is 2.51. The van der Waals surface area contributed by atoms with Crippen LogP contribution in [0.1, 0.15) is 25.0 Å². The van der Waals surface area contributed by atoms with Gasteiger partial charge < -0.3 is 15.0 Å². The number of hydrogen-bond acceptors (Lipinski definition) is 4. The van der Waals surface area contributed by atoms with E-state index in [0.717, 1.165) is 5.69 Å². The second-order valence-electron chi connectivity index (χ2n) is 7.93. The lowest BCUT2D eigenvalue weighted by Crippen LogP contribution is -2.43. The largest absolute Gasteiger partial charge is 0.380 e. The Labute approximate surface area is 147 Å². The van der Waals surface area contributed by atoms with Crippen molar-refractivity contribution in [1.29, 1.82) is 0 Å². The van der Waals surface area contributed by atoms with Crippen LogP contribution in [0.25, 0.3) is 0 Å². The molecule has 136 valence electrons. The van der Waals surface area contributed by atoms with E-state index in [-0.39, 0.29) is 17.2 Å². The second-order valence-corrected chi connectivity index (χ2v) is 7.93.